The number of rotatable bonds is 6. The molecule has 144 valence electrons. The SMILES string of the molecule is CS(=O)(=O)NC1CCCCC1CNC(=O)C1CC1c1c(F)cccc1F. The van der Waals surface area contributed by atoms with Crippen LogP contribution in [0.15, 0.2) is 18.2 Å². The highest BCUT2D eigenvalue weighted by Crippen LogP contribution is 2.49. The van der Waals surface area contributed by atoms with Crippen molar-refractivity contribution in [2.45, 2.75) is 44.1 Å². The third-order valence-corrected chi connectivity index (χ3v) is 6.04. The summed E-state index contributed by atoms with van der Waals surface area (Å²) >= 11 is 0. The first-order chi connectivity index (χ1) is 12.3. The van der Waals surface area contributed by atoms with Gasteiger partial charge in [-0.15, -0.1) is 0 Å². The molecule has 26 heavy (non-hydrogen) atoms. The van der Waals surface area contributed by atoms with E-state index < -0.39 is 33.5 Å². The number of hydrogen-bond acceptors (Lipinski definition) is 3. The van der Waals surface area contributed by atoms with Gasteiger partial charge in [-0.3, -0.25) is 4.79 Å². The molecule has 0 radical (unpaired) electrons. The number of halogens is 2. The van der Waals surface area contributed by atoms with Gasteiger partial charge in [0.15, 0.2) is 0 Å². The fourth-order valence-corrected chi connectivity index (χ4v) is 4.77. The second-order valence-corrected chi connectivity index (χ2v) is 9.15. The first kappa shape index (κ1) is 19.2. The van der Waals surface area contributed by atoms with E-state index in [1.54, 1.807) is 0 Å². The van der Waals surface area contributed by atoms with Crippen LogP contribution in [-0.4, -0.2) is 33.2 Å². The van der Waals surface area contributed by atoms with Gasteiger partial charge in [-0.1, -0.05) is 18.9 Å². The van der Waals surface area contributed by atoms with Crippen molar-refractivity contribution in [3.05, 3.63) is 35.4 Å². The first-order valence-corrected chi connectivity index (χ1v) is 10.8. The Hall–Kier alpha value is -1.54. The number of carbonyl (C=O) groups excluding carboxylic acids is 1. The Morgan fingerprint density at radius 2 is 1.85 bits per heavy atom. The Labute approximate surface area is 152 Å². The smallest absolute Gasteiger partial charge is 0.223 e. The fourth-order valence-electron chi connectivity index (χ4n) is 3.91. The molecular formula is C18H24F2N2O3S. The molecule has 0 aliphatic heterocycles. The van der Waals surface area contributed by atoms with Crippen molar-refractivity contribution in [3.8, 4) is 0 Å². The van der Waals surface area contributed by atoms with Crippen molar-refractivity contribution in [3.63, 3.8) is 0 Å². The van der Waals surface area contributed by atoms with Gasteiger partial charge in [0.05, 0.1) is 6.26 Å². The van der Waals surface area contributed by atoms with Gasteiger partial charge in [0, 0.05) is 30.0 Å². The van der Waals surface area contributed by atoms with Gasteiger partial charge >= 0.3 is 0 Å². The molecule has 0 aromatic heterocycles. The maximum atomic E-state index is 13.8. The highest BCUT2D eigenvalue weighted by molar-refractivity contribution is 7.88. The minimum absolute atomic E-state index is 0.0121. The maximum Gasteiger partial charge on any atom is 0.223 e. The fraction of sp³-hybridized carbons (Fsp3) is 0.611. The third-order valence-electron chi connectivity index (χ3n) is 5.31. The molecule has 2 aliphatic rings. The molecule has 0 saturated heterocycles. The molecule has 8 heteroatoms. The predicted molar refractivity (Wildman–Crippen MR) is 93.9 cm³/mol. The topological polar surface area (TPSA) is 75.3 Å². The lowest BCUT2D eigenvalue weighted by molar-refractivity contribution is -0.122. The number of carbonyl (C=O) groups is 1. The van der Waals surface area contributed by atoms with Crippen LogP contribution in [0, 0.1) is 23.5 Å². The number of amides is 1. The van der Waals surface area contributed by atoms with Crippen molar-refractivity contribution in [2.24, 2.45) is 11.8 Å². The zero-order valence-electron chi connectivity index (χ0n) is 14.7. The van der Waals surface area contributed by atoms with Crippen LogP contribution >= 0.6 is 0 Å². The summed E-state index contributed by atoms with van der Waals surface area (Å²) in [5.41, 5.74) is -0.0121. The summed E-state index contributed by atoms with van der Waals surface area (Å²) in [4.78, 5) is 12.4. The second-order valence-electron chi connectivity index (χ2n) is 7.37. The molecule has 0 bridgehead atoms. The summed E-state index contributed by atoms with van der Waals surface area (Å²) in [6.07, 6.45) is 5.10. The van der Waals surface area contributed by atoms with E-state index in [4.69, 9.17) is 0 Å². The zero-order chi connectivity index (χ0) is 18.9. The van der Waals surface area contributed by atoms with Gasteiger partial charge in [-0.05, 0) is 37.3 Å². The van der Waals surface area contributed by atoms with Gasteiger partial charge in [-0.25, -0.2) is 21.9 Å². The molecule has 2 N–H and O–H groups in total. The minimum Gasteiger partial charge on any atom is -0.356 e. The van der Waals surface area contributed by atoms with Gasteiger partial charge < -0.3 is 5.32 Å². The van der Waals surface area contributed by atoms with Gasteiger partial charge in [0.2, 0.25) is 15.9 Å². The lowest BCUT2D eigenvalue weighted by Gasteiger charge is -2.31. The van der Waals surface area contributed by atoms with Gasteiger partial charge in [0.1, 0.15) is 11.6 Å². The van der Waals surface area contributed by atoms with Crippen LogP contribution in [-0.2, 0) is 14.8 Å². The molecule has 5 nitrogen and oxygen atoms in total. The number of hydrogen-bond donors (Lipinski definition) is 2. The number of benzene rings is 1. The second kappa shape index (κ2) is 7.60. The van der Waals surface area contributed by atoms with E-state index in [1.807, 2.05) is 0 Å². The van der Waals surface area contributed by atoms with E-state index >= 15 is 0 Å². The van der Waals surface area contributed by atoms with E-state index in [-0.39, 0.29) is 23.4 Å². The Kier molecular flexibility index (Phi) is 5.62. The van der Waals surface area contributed by atoms with E-state index in [1.165, 1.54) is 18.2 Å². The van der Waals surface area contributed by atoms with Crippen molar-refractivity contribution < 1.29 is 22.0 Å². The van der Waals surface area contributed by atoms with Crippen molar-refractivity contribution in [2.75, 3.05) is 12.8 Å². The quantitative estimate of drug-likeness (QED) is 0.788. The van der Waals surface area contributed by atoms with Crippen molar-refractivity contribution >= 4 is 15.9 Å². The van der Waals surface area contributed by atoms with Crippen LogP contribution in [0.1, 0.15) is 43.6 Å². The van der Waals surface area contributed by atoms with Crippen LogP contribution in [0.3, 0.4) is 0 Å². The summed E-state index contributed by atoms with van der Waals surface area (Å²) in [5, 5.41) is 2.85. The standard InChI is InChI=1S/C18H24F2N2O3S/c1-26(24,25)22-16-8-3-2-5-11(16)10-21-18(23)13-9-12(13)17-14(19)6-4-7-15(17)20/h4,6-7,11-13,16,22H,2-3,5,8-10H2,1H3,(H,21,23). The average molecular weight is 386 g/mol. The molecule has 2 saturated carbocycles. The zero-order valence-corrected chi connectivity index (χ0v) is 15.5. The predicted octanol–water partition coefficient (Wildman–Crippen LogP) is 2.29. The van der Waals surface area contributed by atoms with Gasteiger partial charge in [-0.2, -0.15) is 0 Å². The Balaban J connectivity index is 1.56. The summed E-state index contributed by atoms with van der Waals surface area (Å²) in [6.45, 7) is 0.370. The number of sulfonamides is 1. The maximum absolute atomic E-state index is 13.8. The Morgan fingerprint density at radius 1 is 1.19 bits per heavy atom. The van der Waals surface area contributed by atoms with Gasteiger partial charge in [0.25, 0.3) is 0 Å². The molecule has 1 aromatic carbocycles. The van der Waals surface area contributed by atoms with E-state index in [9.17, 15) is 22.0 Å². The molecule has 2 aliphatic carbocycles. The van der Waals surface area contributed by atoms with Crippen LogP contribution in [0.2, 0.25) is 0 Å². The molecule has 0 heterocycles. The molecule has 4 atom stereocenters. The molecule has 1 aromatic rings. The molecule has 3 rings (SSSR count). The van der Waals surface area contributed by atoms with E-state index in [0.29, 0.717) is 13.0 Å². The largest absolute Gasteiger partial charge is 0.356 e. The van der Waals surface area contributed by atoms with Crippen LogP contribution in [0.4, 0.5) is 8.78 Å². The monoisotopic (exact) mass is 386 g/mol. The molecule has 1 amide bonds. The third kappa shape index (κ3) is 4.59. The highest BCUT2D eigenvalue weighted by Gasteiger charge is 2.46. The molecule has 4 unspecified atom stereocenters. The summed E-state index contributed by atoms with van der Waals surface area (Å²) < 4.78 is 53.3. The average Bonchev–Trinajstić information content (AvgIpc) is 3.32. The van der Waals surface area contributed by atoms with Crippen molar-refractivity contribution in [1.82, 2.24) is 10.0 Å². The van der Waals surface area contributed by atoms with Crippen molar-refractivity contribution in [1.29, 1.82) is 0 Å². The van der Waals surface area contributed by atoms with Crippen LogP contribution < -0.4 is 10.0 Å². The van der Waals surface area contributed by atoms with E-state index in [2.05, 4.69) is 10.0 Å². The van der Waals surface area contributed by atoms with E-state index in [0.717, 1.165) is 31.9 Å². The summed E-state index contributed by atoms with van der Waals surface area (Å²) in [6, 6.07) is 3.53. The van der Waals surface area contributed by atoms with Crippen LogP contribution in [0.25, 0.3) is 0 Å². The lowest BCUT2D eigenvalue weighted by atomic mass is 9.85. The highest BCUT2D eigenvalue weighted by atomic mass is 32.2. The summed E-state index contributed by atoms with van der Waals surface area (Å²) in [5.74, 6) is -2.27. The van der Waals surface area contributed by atoms with Crippen LogP contribution in [0.5, 0.6) is 0 Å². The Morgan fingerprint density at radius 3 is 2.50 bits per heavy atom. The molecule has 0 spiro atoms. The Bertz CT molecular complexity index is 764. The lowest BCUT2D eigenvalue weighted by Crippen LogP contribution is -2.46. The first-order valence-electron chi connectivity index (χ1n) is 8.95. The minimum atomic E-state index is -3.30. The molecular weight excluding hydrogens is 362 g/mol. The molecule has 2 fully saturated rings. The normalized spacial score (nSPS) is 28.6. The summed E-state index contributed by atoms with van der Waals surface area (Å²) in [7, 11) is -3.30. The number of nitrogens with one attached hydrogen (secondary N) is 2.